The molecule has 0 saturated carbocycles. The third-order valence-electron chi connectivity index (χ3n) is 2.71. The van der Waals surface area contributed by atoms with E-state index in [4.69, 9.17) is 0 Å². The summed E-state index contributed by atoms with van der Waals surface area (Å²) in [6.07, 6.45) is 1.12. The average Bonchev–Trinajstić information content (AvgIpc) is 2.21. The molecular weight excluding hydrogens is 289 g/mol. The quantitative estimate of drug-likeness (QED) is 0.616. The fraction of sp³-hybridized carbons (Fsp3) is 0.462. The molecule has 1 aromatic rings. The van der Waals surface area contributed by atoms with E-state index >= 15 is 0 Å². The van der Waals surface area contributed by atoms with Gasteiger partial charge in [-0.05, 0) is 29.6 Å². The van der Waals surface area contributed by atoms with E-state index in [2.05, 4.69) is 25.5 Å². The zero-order valence-corrected chi connectivity index (χ0v) is 11.6. The van der Waals surface area contributed by atoms with Crippen LogP contribution in [-0.2, 0) is 24.3 Å². The minimum absolute atomic E-state index is 0. The maximum atomic E-state index is 10.0. The smallest absolute Gasteiger partial charge is 0.610 e. The van der Waals surface area contributed by atoms with E-state index in [-0.39, 0.29) is 19.5 Å². The molecule has 1 aromatic carbocycles. The number of ether oxygens (including phenoxy) is 1. The Balaban J connectivity index is 0.00000225. The van der Waals surface area contributed by atoms with Crippen molar-refractivity contribution in [3.05, 3.63) is 29.8 Å². The van der Waals surface area contributed by atoms with Gasteiger partial charge in [0.05, 0.1) is 0 Å². The Morgan fingerprint density at radius 2 is 1.81 bits per heavy atom. The van der Waals surface area contributed by atoms with Gasteiger partial charge in [-0.15, -0.1) is 12.1 Å². The first kappa shape index (κ1) is 15.3. The molecule has 0 aliphatic rings. The van der Waals surface area contributed by atoms with E-state index in [0.29, 0.717) is 17.6 Å². The van der Waals surface area contributed by atoms with Crippen molar-refractivity contribution in [2.75, 3.05) is 0 Å². The molecule has 1 rings (SSSR count). The van der Waals surface area contributed by atoms with Crippen LogP contribution in [0, 0.1) is 5.92 Å². The Bertz CT molecular complexity index is 306. The minimum Gasteiger partial charge on any atom is -0.610 e. The van der Waals surface area contributed by atoms with Crippen LogP contribution in [0.2, 0.25) is 0 Å². The third-order valence-corrected chi connectivity index (χ3v) is 2.71. The summed E-state index contributed by atoms with van der Waals surface area (Å²) >= 11 is 0. The second-order valence-electron chi connectivity index (χ2n) is 4.01. The maximum absolute atomic E-state index is 10.0. The molecule has 0 aliphatic heterocycles. The fourth-order valence-electron chi connectivity index (χ4n) is 1.92. The molecule has 1 unspecified atom stereocenters. The van der Waals surface area contributed by atoms with Gasteiger partial charge in [0.25, 0.3) is 0 Å². The Kier molecular flexibility index (Phi) is 7.24. The Hall–Kier alpha value is -0.687. The molecule has 1 atom stereocenters. The topological polar surface area (TPSA) is 26.3 Å². The first-order chi connectivity index (χ1) is 7.19. The molecular formula is C13H17O2Ru. The standard InChI is InChI=1S/C13H17O2.Ru/c1-4-13(10(2)3)11-5-7-12(8-6-11)15-9-14;/h5-8,10,13H,4H2,1-3H3;/q-1;+1. The molecule has 89 valence electrons. The minimum atomic E-state index is 0. The molecule has 0 fully saturated rings. The van der Waals surface area contributed by atoms with Crippen LogP contribution in [0.1, 0.15) is 38.7 Å². The summed E-state index contributed by atoms with van der Waals surface area (Å²) in [6.45, 7) is 8.05. The van der Waals surface area contributed by atoms with Crippen molar-refractivity contribution in [3.8, 4) is 5.75 Å². The molecule has 0 aromatic heterocycles. The van der Waals surface area contributed by atoms with Crippen molar-refractivity contribution in [3.63, 3.8) is 0 Å². The number of hydrogen-bond acceptors (Lipinski definition) is 2. The van der Waals surface area contributed by atoms with Crippen LogP contribution in [0.5, 0.6) is 5.75 Å². The van der Waals surface area contributed by atoms with Gasteiger partial charge in [0.15, 0.2) is 6.47 Å². The monoisotopic (exact) mass is 307 g/mol. The van der Waals surface area contributed by atoms with E-state index < -0.39 is 0 Å². The average molecular weight is 306 g/mol. The molecule has 0 amide bonds. The number of carbonyl (C=O) groups excluding carboxylic acids is 1. The Morgan fingerprint density at radius 3 is 2.19 bits per heavy atom. The number of rotatable bonds is 5. The van der Waals surface area contributed by atoms with Crippen molar-refractivity contribution >= 4 is 6.47 Å². The Morgan fingerprint density at radius 1 is 1.25 bits per heavy atom. The van der Waals surface area contributed by atoms with E-state index in [1.807, 2.05) is 24.3 Å². The summed E-state index contributed by atoms with van der Waals surface area (Å²) in [4.78, 5) is 10.0. The van der Waals surface area contributed by atoms with E-state index in [1.165, 1.54) is 12.0 Å². The summed E-state index contributed by atoms with van der Waals surface area (Å²) in [5, 5.41) is 0. The van der Waals surface area contributed by atoms with Gasteiger partial charge in [0.2, 0.25) is 0 Å². The summed E-state index contributed by atoms with van der Waals surface area (Å²) in [6, 6.07) is 7.65. The zero-order chi connectivity index (χ0) is 11.3. The molecule has 2 nitrogen and oxygen atoms in total. The summed E-state index contributed by atoms with van der Waals surface area (Å²) in [7, 11) is 0. The van der Waals surface area contributed by atoms with Gasteiger partial charge in [-0.3, -0.25) is 0 Å². The molecule has 0 saturated heterocycles. The SMILES string of the molecule is CCC(c1ccc(O[C-]=O)cc1)C(C)C.[Ru+]. The van der Waals surface area contributed by atoms with Crippen LogP contribution in [0.25, 0.3) is 0 Å². The van der Waals surface area contributed by atoms with Crippen molar-refractivity contribution < 1.29 is 29.0 Å². The third kappa shape index (κ3) is 4.05. The van der Waals surface area contributed by atoms with E-state index in [9.17, 15) is 4.79 Å². The molecule has 0 heterocycles. The maximum Gasteiger partial charge on any atom is 1.00 e. The van der Waals surface area contributed by atoms with Gasteiger partial charge >= 0.3 is 19.5 Å². The van der Waals surface area contributed by atoms with Gasteiger partial charge in [-0.1, -0.05) is 32.9 Å². The van der Waals surface area contributed by atoms with Gasteiger partial charge < -0.3 is 9.53 Å². The predicted molar refractivity (Wildman–Crippen MR) is 60.6 cm³/mol. The first-order valence-electron chi connectivity index (χ1n) is 5.33. The van der Waals surface area contributed by atoms with Crippen molar-refractivity contribution in [1.82, 2.24) is 0 Å². The van der Waals surface area contributed by atoms with Crippen LogP contribution in [0.15, 0.2) is 24.3 Å². The van der Waals surface area contributed by atoms with Crippen molar-refractivity contribution in [2.24, 2.45) is 5.92 Å². The molecule has 1 radical (unpaired) electrons. The first-order valence-corrected chi connectivity index (χ1v) is 5.33. The van der Waals surface area contributed by atoms with Crippen LogP contribution in [-0.4, -0.2) is 6.47 Å². The summed E-state index contributed by atoms with van der Waals surface area (Å²) in [5.74, 6) is 1.74. The number of hydrogen-bond donors (Lipinski definition) is 0. The summed E-state index contributed by atoms with van der Waals surface area (Å²) in [5.41, 5.74) is 1.30. The van der Waals surface area contributed by atoms with Crippen LogP contribution in [0.3, 0.4) is 0 Å². The van der Waals surface area contributed by atoms with Crippen LogP contribution >= 0.6 is 0 Å². The number of benzene rings is 1. The second kappa shape index (κ2) is 7.56. The van der Waals surface area contributed by atoms with Crippen LogP contribution < -0.4 is 4.74 Å². The largest absolute Gasteiger partial charge is 1.00 e. The van der Waals surface area contributed by atoms with Crippen molar-refractivity contribution in [2.45, 2.75) is 33.1 Å². The summed E-state index contributed by atoms with van der Waals surface area (Å²) < 4.78 is 4.63. The van der Waals surface area contributed by atoms with Gasteiger partial charge in [-0.2, -0.15) is 0 Å². The van der Waals surface area contributed by atoms with E-state index in [0.717, 1.165) is 6.42 Å². The van der Waals surface area contributed by atoms with Crippen LogP contribution in [0.4, 0.5) is 0 Å². The van der Waals surface area contributed by atoms with Gasteiger partial charge in [0, 0.05) is 0 Å². The predicted octanol–water partition coefficient (Wildman–Crippen LogP) is 3.28. The molecule has 3 heteroatoms. The normalized spacial score (nSPS) is 11.8. The second-order valence-corrected chi connectivity index (χ2v) is 4.01. The molecule has 0 bridgehead atoms. The molecule has 0 aliphatic carbocycles. The fourth-order valence-corrected chi connectivity index (χ4v) is 1.92. The molecule has 0 N–H and O–H groups in total. The molecule has 0 spiro atoms. The van der Waals surface area contributed by atoms with Gasteiger partial charge in [0.1, 0.15) is 0 Å². The molecule has 16 heavy (non-hydrogen) atoms. The Labute approximate surface area is 110 Å². The van der Waals surface area contributed by atoms with Crippen molar-refractivity contribution in [1.29, 1.82) is 0 Å². The van der Waals surface area contributed by atoms with E-state index in [1.54, 1.807) is 0 Å². The van der Waals surface area contributed by atoms with Gasteiger partial charge in [-0.25, -0.2) is 0 Å². The zero-order valence-electron chi connectivity index (χ0n) is 9.84.